The Morgan fingerprint density at radius 1 is 1.07 bits per heavy atom. The third-order valence-corrected chi connectivity index (χ3v) is 6.67. The van der Waals surface area contributed by atoms with Crippen LogP contribution in [0.5, 0.6) is 5.75 Å². The number of ether oxygens (including phenoxy) is 1. The summed E-state index contributed by atoms with van der Waals surface area (Å²) in [6.45, 7) is -2.26. The van der Waals surface area contributed by atoms with E-state index < -0.39 is 36.1 Å². The van der Waals surface area contributed by atoms with Gasteiger partial charge in [-0.25, -0.2) is 8.42 Å². The third-order valence-electron chi connectivity index (χ3n) is 6.06. The van der Waals surface area contributed by atoms with Crippen LogP contribution in [0.15, 0.2) is 46.9 Å². The number of anilines is 1. The first-order valence-corrected chi connectivity index (χ1v) is 15.1. The summed E-state index contributed by atoms with van der Waals surface area (Å²) in [7, 11) is -3.54. The minimum atomic E-state index is -3.54. The van der Waals surface area contributed by atoms with Gasteiger partial charge in [-0.3, -0.25) is 9.52 Å². The van der Waals surface area contributed by atoms with E-state index in [1.807, 2.05) is 13.8 Å². The van der Waals surface area contributed by atoms with Gasteiger partial charge in [0.25, 0.3) is 0 Å². The molecule has 1 N–H and O–H groups in total. The molecule has 0 radical (unpaired) electrons. The average Bonchev–Trinajstić information content (AvgIpc) is 3.35. The van der Waals surface area contributed by atoms with Crippen LogP contribution in [0.1, 0.15) is 99.6 Å². The highest BCUT2D eigenvalue weighted by molar-refractivity contribution is 7.92. The van der Waals surface area contributed by atoms with E-state index in [1.165, 1.54) is 0 Å². The van der Waals surface area contributed by atoms with Gasteiger partial charge in [0, 0.05) is 41.9 Å². The number of aryl methyl sites for hydroxylation is 1. The molecule has 3 aromatic rings. The fourth-order valence-corrected chi connectivity index (χ4v) is 4.72. The number of hydrogen-bond acceptors (Lipinski definition) is 6. The largest absolute Gasteiger partial charge is 0.494 e. The van der Waals surface area contributed by atoms with Crippen molar-refractivity contribution < 1.29 is 34.7 Å². The molecule has 0 amide bonds. The zero-order chi connectivity index (χ0) is 36.1. The molecule has 0 aliphatic heterocycles. The number of carbonyl (C=O) groups excluding carboxylic acids is 1. The molecule has 222 valence electrons. The smallest absolute Gasteiger partial charge is 0.229 e. The van der Waals surface area contributed by atoms with Crippen LogP contribution in [0, 0.1) is 0 Å². The van der Waals surface area contributed by atoms with E-state index in [-0.39, 0.29) is 44.3 Å². The van der Waals surface area contributed by atoms with Crippen molar-refractivity contribution in [1.82, 2.24) is 4.90 Å². The molecular formula is C31H45ClN2O5S. The second-order valence-electron chi connectivity index (χ2n) is 9.35. The van der Waals surface area contributed by atoms with E-state index in [2.05, 4.69) is 4.72 Å². The molecule has 7 nitrogen and oxygen atoms in total. The Labute approximate surface area is 258 Å². The summed E-state index contributed by atoms with van der Waals surface area (Å²) < 4.78 is 110. The molecule has 0 saturated heterocycles. The number of carbonyl (C=O) groups is 1. The molecule has 0 bridgehead atoms. The molecule has 0 atom stereocenters. The number of nitrogens with zero attached hydrogens (tertiary/aromatic N) is 1. The van der Waals surface area contributed by atoms with Gasteiger partial charge in [0.15, 0.2) is 5.78 Å². The van der Waals surface area contributed by atoms with E-state index in [0.29, 0.717) is 58.6 Å². The first kappa shape index (κ1) is 22.1. The number of ketones is 1. The topological polar surface area (TPSA) is 88.8 Å². The second kappa shape index (κ2) is 16.7. The molecule has 0 saturated carbocycles. The van der Waals surface area contributed by atoms with Gasteiger partial charge in [0.1, 0.15) is 17.1 Å². The molecule has 2 aromatic carbocycles. The van der Waals surface area contributed by atoms with Crippen LogP contribution >= 0.6 is 12.4 Å². The van der Waals surface area contributed by atoms with Crippen molar-refractivity contribution in [1.29, 1.82) is 0 Å². The lowest BCUT2D eigenvalue weighted by atomic mass is 9.98. The number of nitrogens with one attached hydrogen (secondary N) is 1. The van der Waals surface area contributed by atoms with Gasteiger partial charge in [-0.2, -0.15) is 0 Å². The predicted molar refractivity (Wildman–Crippen MR) is 167 cm³/mol. The van der Waals surface area contributed by atoms with Crippen LogP contribution in [-0.2, 0) is 16.4 Å². The van der Waals surface area contributed by atoms with Crippen LogP contribution in [0.4, 0.5) is 5.69 Å². The van der Waals surface area contributed by atoms with Crippen LogP contribution in [0.25, 0.3) is 11.0 Å². The highest BCUT2D eigenvalue weighted by Crippen LogP contribution is 2.32. The van der Waals surface area contributed by atoms with Crippen molar-refractivity contribution in [3.8, 4) is 5.75 Å². The molecule has 0 unspecified atom stereocenters. The van der Waals surface area contributed by atoms with Crippen LogP contribution < -0.4 is 9.46 Å². The Bertz CT molecular complexity index is 1660. The van der Waals surface area contributed by atoms with Crippen molar-refractivity contribution in [3.05, 3.63) is 59.4 Å². The molecule has 0 aliphatic rings. The number of hydrogen-bond donors (Lipinski definition) is 1. The first-order valence-electron chi connectivity index (χ1n) is 17.7. The van der Waals surface area contributed by atoms with E-state index in [1.54, 1.807) is 42.5 Å². The highest BCUT2D eigenvalue weighted by Gasteiger charge is 2.22. The Morgan fingerprint density at radius 3 is 2.48 bits per heavy atom. The van der Waals surface area contributed by atoms with Crippen molar-refractivity contribution in [3.63, 3.8) is 0 Å². The molecule has 0 fully saturated rings. The maximum atomic E-state index is 13.8. The van der Waals surface area contributed by atoms with E-state index >= 15 is 0 Å². The van der Waals surface area contributed by atoms with Crippen molar-refractivity contribution >= 4 is 44.9 Å². The molecule has 40 heavy (non-hydrogen) atoms. The Kier molecular flexibility index (Phi) is 9.20. The van der Waals surface area contributed by atoms with Crippen molar-refractivity contribution in [2.24, 2.45) is 0 Å². The maximum absolute atomic E-state index is 13.8. The lowest BCUT2D eigenvalue weighted by Gasteiger charge is -2.21. The van der Waals surface area contributed by atoms with Crippen molar-refractivity contribution in [2.75, 3.05) is 37.2 Å². The van der Waals surface area contributed by atoms with Gasteiger partial charge in [-0.15, -0.1) is 12.4 Å². The van der Waals surface area contributed by atoms with E-state index in [9.17, 15) is 13.2 Å². The number of sulfonamides is 1. The van der Waals surface area contributed by atoms with Crippen LogP contribution in [0.2, 0.25) is 0 Å². The Hall–Kier alpha value is -2.55. The molecule has 0 spiro atoms. The summed E-state index contributed by atoms with van der Waals surface area (Å²) in [4.78, 5) is 14.9. The van der Waals surface area contributed by atoms with Crippen LogP contribution in [-0.4, -0.2) is 51.5 Å². The maximum Gasteiger partial charge on any atom is 0.229 e. The summed E-state index contributed by atoms with van der Waals surface area (Å²) in [5, 5.41) is 0.490. The highest BCUT2D eigenvalue weighted by atomic mass is 35.5. The Morgan fingerprint density at radius 2 is 1.80 bits per heavy atom. The number of fused-ring (bicyclic) bond motifs is 1. The van der Waals surface area contributed by atoms with Gasteiger partial charge in [0.05, 0.1) is 18.4 Å². The van der Waals surface area contributed by atoms with E-state index in [4.69, 9.17) is 21.5 Å². The minimum Gasteiger partial charge on any atom is -0.494 e. The monoisotopic (exact) mass is 601 g/mol. The fourth-order valence-electron chi connectivity index (χ4n) is 4.16. The van der Waals surface area contributed by atoms with Gasteiger partial charge in [-0.05, 0) is 81.1 Å². The lowest BCUT2D eigenvalue weighted by Crippen LogP contribution is -2.28. The SMILES string of the molecule is Cl.[2H]C([2H])([2H])C([2H])([2H])C([2H])([2H])C([2H])([2H])N(CCCC)CCCOc1ccc(C(=O)c2c(CCCC)oc3ccc(NS(C)(=O)=O)cc23)cc1. The molecule has 1 heterocycles. The number of unbranched alkanes of at least 4 members (excludes halogenated alkanes) is 2. The molecule has 1 aromatic heterocycles. The molecule has 3 rings (SSSR count). The Balaban J connectivity index is 0.00000833. The number of halogens is 1. The molecular weight excluding hydrogens is 548 g/mol. The third kappa shape index (κ3) is 10.1. The standard InChI is InChI=1S/C31H44N2O5S.ClH/c1-5-8-12-29-30(27-23-25(32-39(4,35)36)15-18-28(27)38-29)31(34)24-13-16-26(17-14-24)37-22-11-21-33(19-9-6-2)20-10-7-3;/h13-18,23,32H,5-12,19-22H2,1-4H3;1H/i2D3,6D2,9D2,19D2;. The molecule has 0 aliphatic carbocycles. The summed E-state index contributed by atoms with van der Waals surface area (Å²) in [5.74, 6) is 0.631. The summed E-state index contributed by atoms with van der Waals surface area (Å²) in [6.07, 6.45) is -2.19. The zero-order valence-corrected chi connectivity index (χ0v) is 24.8. The summed E-state index contributed by atoms with van der Waals surface area (Å²) >= 11 is 0. The average molecular weight is 602 g/mol. The van der Waals surface area contributed by atoms with Gasteiger partial charge >= 0.3 is 0 Å². The zero-order valence-electron chi connectivity index (χ0n) is 32.2. The minimum absolute atomic E-state index is 0. The summed E-state index contributed by atoms with van der Waals surface area (Å²) in [5.41, 5.74) is 1.48. The van der Waals surface area contributed by atoms with Crippen LogP contribution in [0.3, 0.4) is 0 Å². The van der Waals surface area contributed by atoms with Gasteiger partial charge in [-0.1, -0.05) is 39.9 Å². The van der Waals surface area contributed by atoms with Gasteiger partial charge in [0.2, 0.25) is 10.0 Å². The second-order valence-corrected chi connectivity index (χ2v) is 11.1. The number of rotatable bonds is 18. The first-order chi connectivity index (χ1) is 22.2. The summed E-state index contributed by atoms with van der Waals surface area (Å²) in [6, 6.07) is 11.2. The number of furan rings is 1. The van der Waals surface area contributed by atoms with Crippen molar-refractivity contribution in [2.45, 2.75) is 72.0 Å². The van der Waals surface area contributed by atoms with Gasteiger partial charge < -0.3 is 14.1 Å². The van der Waals surface area contributed by atoms with E-state index in [0.717, 1.165) is 24.0 Å². The number of benzene rings is 2. The predicted octanol–water partition coefficient (Wildman–Crippen LogP) is 7.47. The lowest BCUT2D eigenvalue weighted by molar-refractivity contribution is 0.103. The molecule has 9 heteroatoms. The fraction of sp³-hybridized carbons (Fsp3) is 0.516. The normalized spacial score (nSPS) is 16.2. The quantitative estimate of drug-likeness (QED) is 0.120.